The monoisotopic (exact) mass is 534 g/mol. The fourth-order valence-corrected chi connectivity index (χ4v) is 5.27. The molecule has 0 aliphatic carbocycles. The Labute approximate surface area is 200 Å². The van der Waals surface area contributed by atoms with Crippen molar-refractivity contribution in [3.05, 3.63) is 71.2 Å². The lowest BCUT2D eigenvalue weighted by atomic mass is 10.1. The molecule has 0 unspecified atom stereocenters. The van der Waals surface area contributed by atoms with Crippen LogP contribution in [0.5, 0.6) is 0 Å². The van der Waals surface area contributed by atoms with E-state index in [-0.39, 0.29) is 6.04 Å². The number of hydrogen-bond donors (Lipinski definition) is 3. The van der Waals surface area contributed by atoms with Crippen LogP contribution < -0.4 is 5.32 Å². The van der Waals surface area contributed by atoms with Gasteiger partial charge < -0.3 is 15.5 Å². The molecule has 8 nitrogen and oxygen atoms in total. The number of piperidine rings is 1. The normalized spacial score (nSPS) is 14.8. The molecule has 1 aliphatic rings. The molecule has 4 rings (SSSR count). The van der Waals surface area contributed by atoms with E-state index in [2.05, 4.69) is 21.2 Å². The van der Waals surface area contributed by atoms with Crippen molar-refractivity contribution in [3.63, 3.8) is 0 Å². The first kappa shape index (κ1) is 24.7. The Kier molecular flexibility index (Phi) is 8.06. The summed E-state index contributed by atoms with van der Waals surface area (Å²) < 4.78 is 28.7. The lowest BCUT2D eigenvalue weighted by molar-refractivity contribution is -0.159. The van der Waals surface area contributed by atoms with E-state index in [0.717, 1.165) is 33.8 Å². The number of nitrogens with zero attached hydrogens (tertiary/aromatic N) is 1. The number of benzene rings is 3. The average Bonchev–Trinajstić information content (AvgIpc) is 2.81. The standard InChI is InChI=1S/C21H21BrN2O2S.C2H2O4/c22-18-6-8-19(9-7-18)23-20-11-13-24(14-12-20)27(25,26)21-10-5-16-3-1-2-4-17(16)15-21;3-1(4)2(5)6/h1-10,15,20,23H,11-14H2;(H,3,4)(H,5,6). The van der Waals surface area contributed by atoms with Crippen LogP contribution in [0.4, 0.5) is 5.69 Å². The molecular formula is C23H23BrN2O6S. The maximum atomic E-state index is 13.0. The van der Waals surface area contributed by atoms with E-state index in [0.29, 0.717) is 18.0 Å². The fraction of sp³-hybridized carbons (Fsp3) is 0.217. The number of hydrogen-bond acceptors (Lipinski definition) is 5. The van der Waals surface area contributed by atoms with Gasteiger partial charge in [0, 0.05) is 29.3 Å². The van der Waals surface area contributed by atoms with E-state index in [4.69, 9.17) is 19.8 Å². The molecule has 0 aromatic heterocycles. The average molecular weight is 535 g/mol. The molecule has 33 heavy (non-hydrogen) atoms. The van der Waals surface area contributed by atoms with E-state index < -0.39 is 22.0 Å². The molecule has 0 bridgehead atoms. The Morgan fingerprint density at radius 1 is 0.879 bits per heavy atom. The second-order valence-corrected chi connectivity index (χ2v) is 10.3. The summed E-state index contributed by atoms with van der Waals surface area (Å²) in [7, 11) is -3.46. The van der Waals surface area contributed by atoms with Crippen LogP contribution in [0.25, 0.3) is 10.8 Å². The van der Waals surface area contributed by atoms with E-state index >= 15 is 0 Å². The highest BCUT2D eigenvalue weighted by molar-refractivity contribution is 9.10. The molecule has 3 aromatic carbocycles. The Morgan fingerprint density at radius 3 is 2.03 bits per heavy atom. The number of carboxylic acids is 2. The van der Waals surface area contributed by atoms with E-state index in [1.165, 1.54) is 0 Å². The molecule has 3 aromatic rings. The van der Waals surface area contributed by atoms with Crippen LogP contribution in [0.1, 0.15) is 12.8 Å². The molecule has 10 heteroatoms. The van der Waals surface area contributed by atoms with Gasteiger partial charge in [-0.3, -0.25) is 0 Å². The molecule has 1 saturated heterocycles. The van der Waals surface area contributed by atoms with E-state index in [1.807, 2.05) is 54.6 Å². The van der Waals surface area contributed by atoms with Crippen LogP contribution in [0.3, 0.4) is 0 Å². The minimum Gasteiger partial charge on any atom is -0.473 e. The minimum atomic E-state index is -3.46. The van der Waals surface area contributed by atoms with Gasteiger partial charge in [-0.15, -0.1) is 0 Å². The molecule has 1 fully saturated rings. The number of carboxylic acid groups (broad SMARTS) is 2. The van der Waals surface area contributed by atoms with Crippen LogP contribution in [0.2, 0.25) is 0 Å². The summed E-state index contributed by atoms with van der Waals surface area (Å²) in [5.41, 5.74) is 1.06. The van der Waals surface area contributed by atoms with Gasteiger partial charge >= 0.3 is 11.9 Å². The third-order valence-electron chi connectivity index (χ3n) is 5.21. The number of anilines is 1. The highest BCUT2D eigenvalue weighted by Crippen LogP contribution is 2.25. The molecule has 0 atom stereocenters. The molecular weight excluding hydrogens is 512 g/mol. The zero-order valence-corrected chi connectivity index (χ0v) is 19.9. The van der Waals surface area contributed by atoms with Crippen LogP contribution in [-0.2, 0) is 19.6 Å². The molecule has 0 saturated carbocycles. The number of nitrogens with one attached hydrogen (secondary N) is 1. The van der Waals surface area contributed by atoms with E-state index in [1.54, 1.807) is 16.4 Å². The predicted octanol–water partition coefficient (Wildman–Crippen LogP) is 4.02. The molecule has 3 N–H and O–H groups in total. The van der Waals surface area contributed by atoms with Crippen molar-refractivity contribution in [2.24, 2.45) is 0 Å². The molecule has 0 radical (unpaired) electrons. The van der Waals surface area contributed by atoms with Gasteiger partial charge in [0.15, 0.2) is 0 Å². The van der Waals surface area contributed by atoms with Crippen molar-refractivity contribution in [3.8, 4) is 0 Å². The first-order valence-electron chi connectivity index (χ1n) is 10.1. The third-order valence-corrected chi connectivity index (χ3v) is 7.63. The fourth-order valence-electron chi connectivity index (χ4n) is 3.50. The number of rotatable bonds is 4. The van der Waals surface area contributed by atoms with Gasteiger partial charge in [0.2, 0.25) is 10.0 Å². The van der Waals surface area contributed by atoms with Crippen molar-refractivity contribution < 1.29 is 28.2 Å². The van der Waals surface area contributed by atoms with Crippen molar-refractivity contribution >= 4 is 54.4 Å². The highest BCUT2D eigenvalue weighted by atomic mass is 79.9. The first-order chi connectivity index (χ1) is 15.7. The van der Waals surface area contributed by atoms with Crippen LogP contribution in [-0.4, -0.2) is 54.0 Å². The quantitative estimate of drug-likeness (QED) is 0.431. The van der Waals surface area contributed by atoms with Gasteiger partial charge in [-0.2, -0.15) is 4.31 Å². The molecule has 1 aliphatic heterocycles. The zero-order chi connectivity index (χ0) is 24.0. The summed E-state index contributed by atoms with van der Waals surface area (Å²) in [6.45, 7) is 1.06. The molecule has 1 heterocycles. The first-order valence-corrected chi connectivity index (χ1v) is 12.4. The second-order valence-electron chi connectivity index (χ2n) is 7.45. The summed E-state index contributed by atoms with van der Waals surface area (Å²) in [5, 5.41) is 20.3. The van der Waals surface area contributed by atoms with Gasteiger partial charge in [0.05, 0.1) is 4.90 Å². The summed E-state index contributed by atoms with van der Waals surface area (Å²) in [6, 6.07) is 21.5. The topological polar surface area (TPSA) is 124 Å². The van der Waals surface area contributed by atoms with E-state index in [9.17, 15) is 8.42 Å². The third kappa shape index (κ3) is 6.53. The number of aliphatic carboxylic acids is 2. The van der Waals surface area contributed by atoms with Gasteiger partial charge in [-0.05, 0) is 60.0 Å². The SMILES string of the molecule is O=C(O)C(=O)O.O=S(=O)(c1ccc2ccccc2c1)N1CCC(Nc2ccc(Br)cc2)CC1. The van der Waals surface area contributed by atoms with Crippen molar-refractivity contribution in [2.75, 3.05) is 18.4 Å². The lowest BCUT2D eigenvalue weighted by Gasteiger charge is -2.32. The minimum absolute atomic E-state index is 0.286. The maximum absolute atomic E-state index is 13.0. The number of carbonyl (C=O) groups is 2. The van der Waals surface area contributed by atoms with Crippen molar-refractivity contribution in [1.29, 1.82) is 0 Å². The van der Waals surface area contributed by atoms with Gasteiger partial charge in [-0.1, -0.05) is 46.3 Å². The molecule has 0 spiro atoms. The number of halogens is 1. The Morgan fingerprint density at radius 2 is 1.45 bits per heavy atom. The summed E-state index contributed by atoms with van der Waals surface area (Å²) in [5.74, 6) is -3.65. The summed E-state index contributed by atoms with van der Waals surface area (Å²) in [4.78, 5) is 18.6. The van der Waals surface area contributed by atoms with Gasteiger partial charge in [0.25, 0.3) is 0 Å². The maximum Gasteiger partial charge on any atom is 0.414 e. The smallest absolute Gasteiger partial charge is 0.414 e. The molecule has 0 amide bonds. The van der Waals surface area contributed by atoms with Crippen LogP contribution in [0, 0.1) is 0 Å². The Hall–Kier alpha value is -2.95. The van der Waals surface area contributed by atoms with Crippen LogP contribution >= 0.6 is 15.9 Å². The zero-order valence-electron chi connectivity index (χ0n) is 17.5. The number of sulfonamides is 1. The highest BCUT2D eigenvalue weighted by Gasteiger charge is 2.29. The van der Waals surface area contributed by atoms with Crippen molar-refractivity contribution in [2.45, 2.75) is 23.8 Å². The van der Waals surface area contributed by atoms with Crippen LogP contribution in [0.15, 0.2) is 76.1 Å². The second kappa shape index (κ2) is 10.8. The molecule has 174 valence electrons. The largest absolute Gasteiger partial charge is 0.473 e. The number of fused-ring (bicyclic) bond motifs is 1. The lowest BCUT2D eigenvalue weighted by Crippen LogP contribution is -2.42. The summed E-state index contributed by atoms with van der Waals surface area (Å²) in [6.07, 6.45) is 1.59. The Bertz CT molecular complexity index is 1230. The summed E-state index contributed by atoms with van der Waals surface area (Å²) >= 11 is 3.44. The van der Waals surface area contributed by atoms with Crippen molar-refractivity contribution in [1.82, 2.24) is 4.31 Å². The van der Waals surface area contributed by atoms with Gasteiger partial charge in [-0.25, -0.2) is 18.0 Å². The van der Waals surface area contributed by atoms with Gasteiger partial charge in [0.1, 0.15) is 0 Å². The predicted molar refractivity (Wildman–Crippen MR) is 129 cm³/mol. The Balaban J connectivity index is 0.000000454.